The van der Waals surface area contributed by atoms with E-state index in [0.29, 0.717) is 63.2 Å². The topological polar surface area (TPSA) is 172 Å². The molecule has 3 aromatic carbocycles. The van der Waals surface area contributed by atoms with E-state index in [1.165, 1.54) is 37.0 Å². The number of aromatic nitrogens is 2. The van der Waals surface area contributed by atoms with Gasteiger partial charge in [0.05, 0.1) is 30.7 Å². The Bertz CT molecular complexity index is 1910. The van der Waals surface area contributed by atoms with Crippen molar-refractivity contribution in [2.45, 2.75) is 62.3 Å². The van der Waals surface area contributed by atoms with Crippen LogP contribution in [0.25, 0.3) is 11.1 Å². The molecule has 4 N–H and O–H groups in total. The fraction of sp³-hybridized carbons (Fsp3) is 0.410. The molecule has 284 valence electrons. The minimum atomic E-state index is -4.00. The summed E-state index contributed by atoms with van der Waals surface area (Å²) in [5.41, 5.74) is 4.69. The minimum Gasteiger partial charge on any atom is -0.506 e. The number of nitrogens with zero attached hydrogens (tertiary/aromatic N) is 3. The van der Waals surface area contributed by atoms with E-state index in [0.717, 1.165) is 36.0 Å². The third kappa shape index (κ3) is 11.9. The third-order valence-corrected chi connectivity index (χ3v) is 10.1. The Hall–Kier alpha value is -4.76. The smallest absolute Gasteiger partial charge is 0.294 e. The van der Waals surface area contributed by atoms with Crippen LogP contribution < -0.4 is 15.4 Å². The van der Waals surface area contributed by atoms with Crippen LogP contribution >= 0.6 is 0 Å². The quantitative estimate of drug-likeness (QED) is 0.0737. The zero-order valence-electron chi connectivity index (χ0n) is 30.1. The summed E-state index contributed by atoms with van der Waals surface area (Å²) in [6, 6.07) is 19.5. The Morgan fingerprint density at radius 3 is 2.53 bits per heavy atom. The molecule has 1 aliphatic heterocycles. The summed E-state index contributed by atoms with van der Waals surface area (Å²) in [6.07, 6.45) is 11.4. The summed E-state index contributed by atoms with van der Waals surface area (Å²) < 4.78 is 42.5. The molecular formula is C39H49N5O8S. The second-order valence-electron chi connectivity index (χ2n) is 13.2. The highest BCUT2D eigenvalue weighted by molar-refractivity contribution is 7.85. The van der Waals surface area contributed by atoms with Gasteiger partial charge in [-0.25, -0.2) is 0 Å². The van der Waals surface area contributed by atoms with Crippen LogP contribution in [0.3, 0.4) is 0 Å². The van der Waals surface area contributed by atoms with Crippen molar-refractivity contribution in [1.29, 1.82) is 0 Å². The number of phenolic OH excluding ortho intramolecular Hbond substituents is 1. The van der Waals surface area contributed by atoms with Gasteiger partial charge < -0.3 is 30.1 Å². The van der Waals surface area contributed by atoms with Gasteiger partial charge in [-0.05, 0) is 67.1 Å². The largest absolute Gasteiger partial charge is 0.506 e. The predicted molar refractivity (Wildman–Crippen MR) is 201 cm³/mol. The average molecular weight is 748 g/mol. The van der Waals surface area contributed by atoms with Gasteiger partial charge in [0.1, 0.15) is 11.4 Å². The van der Waals surface area contributed by atoms with Gasteiger partial charge in [-0.1, -0.05) is 67.8 Å². The first-order valence-corrected chi connectivity index (χ1v) is 19.5. The molecule has 1 fully saturated rings. The molecule has 4 aromatic rings. The van der Waals surface area contributed by atoms with E-state index in [1.807, 2.05) is 25.5 Å². The number of aromatic hydroxyl groups is 1. The SMILES string of the molecule is Cn1cc(-c2cccc(CCOCCC(=O)N(CCNCCc3ccc(O)c4c3OCC(=O)N4)C3CCCCC3)c2)cn1.O=S(=O)(O)c1ccccc1. The molecule has 0 atom stereocenters. The number of aryl methyl sites for hydroxylation is 1. The first kappa shape index (κ1) is 39.4. The molecule has 2 aliphatic rings. The molecule has 0 saturated heterocycles. The normalized spacial score (nSPS) is 14.3. The molecular weight excluding hydrogens is 699 g/mol. The lowest BCUT2D eigenvalue weighted by Crippen LogP contribution is -2.45. The van der Waals surface area contributed by atoms with E-state index in [9.17, 15) is 23.1 Å². The highest BCUT2D eigenvalue weighted by Crippen LogP contribution is 2.39. The molecule has 0 bridgehead atoms. The average Bonchev–Trinajstić information content (AvgIpc) is 3.61. The minimum absolute atomic E-state index is 0.000376. The molecule has 0 radical (unpaired) electrons. The molecule has 1 saturated carbocycles. The number of nitrogens with one attached hydrogen (secondary N) is 2. The number of benzene rings is 3. The predicted octanol–water partition coefficient (Wildman–Crippen LogP) is 5.00. The molecule has 0 spiro atoms. The lowest BCUT2D eigenvalue weighted by atomic mass is 9.94. The van der Waals surface area contributed by atoms with Gasteiger partial charge in [-0.15, -0.1) is 0 Å². The molecule has 1 aromatic heterocycles. The van der Waals surface area contributed by atoms with Gasteiger partial charge >= 0.3 is 0 Å². The van der Waals surface area contributed by atoms with Crippen molar-refractivity contribution in [3.8, 4) is 22.6 Å². The zero-order valence-corrected chi connectivity index (χ0v) is 30.9. The Kier molecular flexibility index (Phi) is 14.4. The molecule has 2 heterocycles. The number of phenols is 1. The van der Waals surface area contributed by atoms with E-state index in [1.54, 1.807) is 28.9 Å². The van der Waals surface area contributed by atoms with Crippen molar-refractivity contribution in [1.82, 2.24) is 20.0 Å². The molecule has 2 amide bonds. The van der Waals surface area contributed by atoms with Crippen LogP contribution in [-0.4, -0.2) is 90.1 Å². The van der Waals surface area contributed by atoms with Crippen LogP contribution in [0.5, 0.6) is 11.5 Å². The molecule has 1 aliphatic carbocycles. The summed E-state index contributed by atoms with van der Waals surface area (Å²) in [5, 5.41) is 20.5. The fourth-order valence-corrected chi connectivity index (χ4v) is 7.03. The van der Waals surface area contributed by atoms with Crippen LogP contribution in [0.4, 0.5) is 5.69 Å². The maximum Gasteiger partial charge on any atom is 0.294 e. The van der Waals surface area contributed by atoms with Gasteiger partial charge in [0.2, 0.25) is 5.91 Å². The number of anilines is 1. The van der Waals surface area contributed by atoms with E-state index >= 15 is 0 Å². The lowest BCUT2D eigenvalue weighted by molar-refractivity contribution is -0.135. The van der Waals surface area contributed by atoms with E-state index in [4.69, 9.17) is 14.0 Å². The first-order chi connectivity index (χ1) is 25.6. The van der Waals surface area contributed by atoms with Crippen molar-refractivity contribution in [2.75, 3.05) is 44.8 Å². The number of fused-ring (bicyclic) bond motifs is 1. The van der Waals surface area contributed by atoms with Crippen LogP contribution in [0.15, 0.2) is 84.0 Å². The third-order valence-electron chi connectivity index (χ3n) is 9.27. The van der Waals surface area contributed by atoms with E-state index in [-0.39, 0.29) is 29.1 Å². The van der Waals surface area contributed by atoms with Crippen molar-refractivity contribution in [3.05, 3.63) is 90.3 Å². The van der Waals surface area contributed by atoms with Gasteiger partial charge in [-0.2, -0.15) is 13.5 Å². The van der Waals surface area contributed by atoms with E-state index in [2.05, 4.69) is 44.9 Å². The summed E-state index contributed by atoms with van der Waals surface area (Å²) >= 11 is 0. The van der Waals surface area contributed by atoms with Crippen molar-refractivity contribution in [2.24, 2.45) is 7.05 Å². The number of amides is 2. The van der Waals surface area contributed by atoms with Crippen LogP contribution in [-0.2, 0) is 44.3 Å². The molecule has 6 rings (SSSR count). The van der Waals surface area contributed by atoms with E-state index < -0.39 is 10.1 Å². The van der Waals surface area contributed by atoms with Gasteiger partial charge in [0.15, 0.2) is 12.4 Å². The van der Waals surface area contributed by atoms with Crippen LogP contribution in [0, 0.1) is 0 Å². The Labute approximate surface area is 311 Å². The fourth-order valence-electron chi connectivity index (χ4n) is 6.53. The van der Waals surface area contributed by atoms with Crippen LogP contribution in [0.1, 0.15) is 49.7 Å². The Morgan fingerprint density at radius 2 is 1.81 bits per heavy atom. The number of hydrogen-bond acceptors (Lipinski definition) is 9. The first-order valence-electron chi connectivity index (χ1n) is 18.0. The second kappa shape index (κ2) is 19.4. The molecule has 53 heavy (non-hydrogen) atoms. The van der Waals surface area contributed by atoms with Gasteiger partial charge in [0.25, 0.3) is 16.0 Å². The number of carbonyl (C=O) groups excluding carboxylic acids is 2. The number of ether oxygens (including phenoxy) is 2. The van der Waals surface area contributed by atoms with Crippen molar-refractivity contribution >= 4 is 27.6 Å². The Morgan fingerprint density at radius 1 is 1.02 bits per heavy atom. The highest BCUT2D eigenvalue weighted by Gasteiger charge is 2.25. The number of rotatable bonds is 15. The highest BCUT2D eigenvalue weighted by atomic mass is 32.2. The monoisotopic (exact) mass is 747 g/mol. The second-order valence-corrected chi connectivity index (χ2v) is 14.6. The van der Waals surface area contributed by atoms with Gasteiger partial charge in [-0.3, -0.25) is 18.8 Å². The maximum atomic E-state index is 13.3. The summed E-state index contributed by atoms with van der Waals surface area (Å²) in [6.45, 7) is 2.97. The molecule has 14 heteroatoms. The Balaban J connectivity index is 0.000000469. The number of hydrogen-bond donors (Lipinski definition) is 4. The number of carbonyl (C=O) groups is 2. The molecule has 0 unspecified atom stereocenters. The van der Waals surface area contributed by atoms with Crippen molar-refractivity contribution in [3.63, 3.8) is 0 Å². The summed E-state index contributed by atoms with van der Waals surface area (Å²) in [4.78, 5) is 27.0. The standard InChI is InChI=1S/C33H43N5O5.C6H6O3S/c1-37-22-27(21-35-37)26-7-5-6-24(20-26)13-18-42-19-14-31(41)38(28-8-3-2-4-9-28)17-16-34-15-12-25-10-11-29(39)32-33(25)43-23-30(40)36-32;7-10(8,9)6-4-2-1-3-5-6/h5-7,10-11,20-22,28,34,39H,2-4,8-9,12-19,23H2,1H3,(H,36,40);1-5H,(H,7,8,9). The lowest BCUT2D eigenvalue weighted by Gasteiger charge is -2.34. The van der Waals surface area contributed by atoms with Crippen molar-refractivity contribution < 1.29 is 37.1 Å². The summed E-state index contributed by atoms with van der Waals surface area (Å²) in [5.74, 6) is 0.411. The van der Waals surface area contributed by atoms with Gasteiger partial charge in [0, 0.05) is 37.9 Å². The summed E-state index contributed by atoms with van der Waals surface area (Å²) in [7, 11) is -2.09. The molecule has 13 nitrogen and oxygen atoms in total. The zero-order chi connectivity index (χ0) is 37.6. The van der Waals surface area contributed by atoms with Crippen LogP contribution in [0.2, 0.25) is 0 Å². The maximum absolute atomic E-state index is 13.3.